The van der Waals surface area contributed by atoms with Crippen LogP contribution >= 0.6 is 0 Å². The van der Waals surface area contributed by atoms with Gasteiger partial charge in [0.25, 0.3) is 0 Å². The number of guanidine groups is 1. The molecule has 7 heteroatoms. The van der Waals surface area contributed by atoms with Gasteiger partial charge in [-0.3, -0.25) is 14.5 Å². The first-order valence-electron chi connectivity index (χ1n) is 10.8. The van der Waals surface area contributed by atoms with Crippen LogP contribution in [0.5, 0.6) is 5.75 Å². The maximum Gasteiger partial charge on any atom is 0.231 e. The van der Waals surface area contributed by atoms with Crippen molar-refractivity contribution < 1.29 is 14.3 Å². The molecule has 1 aromatic rings. The van der Waals surface area contributed by atoms with E-state index in [4.69, 9.17) is 10.5 Å². The highest BCUT2D eigenvalue weighted by molar-refractivity contribution is 5.99. The minimum Gasteiger partial charge on any atom is -0.487 e. The monoisotopic (exact) mass is 412 g/mol. The molecule has 2 heterocycles. The largest absolute Gasteiger partial charge is 0.487 e. The molecule has 30 heavy (non-hydrogen) atoms. The Hall–Kier alpha value is -2.57. The second kappa shape index (κ2) is 7.29. The lowest BCUT2D eigenvalue weighted by Gasteiger charge is -2.39. The van der Waals surface area contributed by atoms with E-state index in [-0.39, 0.29) is 41.3 Å². The summed E-state index contributed by atoms with van der Waals surface area (Å²) in [6, 6.07) is 7.84. The van der Waals surface area contributed by atoms with Gasteiger partial charge in [-0.05, 0) is 45.6 Å². The van der Waals surface area contributed by atoms with E-state index >= 15 is 0 Å². The average Bonchev–Trinajstić information content (AvgIpc) is 3.43. The Bertz CT molecular complexity index is 896. The first-order chi connectivity index (χ1) is 14.1. The number of amides is 2. The lowest BCUT2D eigenvalue weighted by atomic mass is 9.86. The van der Waals surface area contributed by atoms with E-state index in [1.165, 1.54) is 0 Å². The van der Waals surface area contributed by atoms with E-state index in [0.29, 0.717) is 13.0 Å². The number of hydrogen-bond donors (Lipinski definition) is 2. The van der Waals surface area contributed by atoms with Gasteiger partial charge in [0.05, 0.1) is 18.0 Å². The number of rotatable bonds is 5. The Morgan fingerprint density at radius 1 is 1.33 bits per heavy atom. The maximum atomic E-state index is 13.0. The van der Waals surface area contributed by atoms with Crippen molar-refractivity contribution in [2.45, 2.75) is 70.6 Å². The topological polar surface area (TPSA) is 97.0 Å². The van der Waals surface area contributed by atoms with Gasteiger partial charge in [-0.1, -0.05) is 25.1 Å². The molecule has 0 spiro atoms. The minimum absolute atomic E-state index is 0.0179. The molecule has 3 aliphatic rings. The fourth-order valence-corrected chi connectivity index (χ4v) is 4.54. The summed E-state index contributed by atoms with van der Waals surface area (Å²) in [7, 11) is 0. The molecule has 3 N–H and O–H groups in total. The number of nitrogens with zero attached hydrogens (tertiary/aromatic N) is 2. The van der Waals surface area contributed by atoms with E-state index in [9.17, 15) is 9.59 Å². The molecule has 7 nitrogen and oxygen atoms in total. The lowest BCUT2D eigenvalue weighted by molar-refractivity contribution is -0.130. The number of para-hydroxylation sites is 1. The number of carbonyl (C=O) groups is 2. The third kappa shape index (κ3) is 4.02. The fraction of sp³-hybridized carbons (Fsp3) is 0.609. The molecule has 1 fully saturated rings. The van der Waals surface area contributed by atoms with Crippen LogP contribution in [0.25, 0.3) is 0 Å². The number of hydrogen-bond acceptors (Lipinski definition) is 5. The van der Waals surface area contributed by atoms with Crippen molar-refractivity contribution >= 4 is 17.8 Å². The Morgan fingerprint density at radius 3 is 2.77 bits per heavy atom. The van der Waals surface area contributed by atoms with Gasteiger partial charge >= 0.3 is 0 Å². The molecular formula is C23H32N4O3. The zero-order valence-corrected chi connectivity index (χ0v) is 18.3. The van der Waals surface area contributed by atoms with Crippen LogP contribution in [-0.4, -0.2) is 40.4 Å². The van der Waals surface area contributed by atoms with Crippen molar-refractivity contribution in [2.24, 2.45) is 22.6 Å². The van der Waals surface area contributed by atoms with Crippen LogP contribution in [0.4, 0.5) is 0 Å². The van der Waals surface area contributed by atoms with Gasteiger partial charge < -0.3 is 15.8 Å². The predicted molar refractivity (Wildman–Crippen MR) is 115 cm³/mol. The first-order valence-corrected chi connectivity index (χ1v) is 10.8. The summed E-state index contributed by atoms with van der Waals surface area (Å²) in [6.07, 6.45) is 2.71. The number of benzene rings is 1. The normalized spacial score (nSPS) is 32.0. The molecule has 1 aliphatic carbocycles. The number of nitrogens with two attached hydrogens (primary N) is 1. The summed E-state index contributed by atoms with van der Waals surface area (Å²) in [6.45, 7) is 8.45. The van der Waals surface area contributed by atoms with Crippen LogP contribution in [0, 0.1) is 11.8 Å². The Balaban J connectivity index is 1.41. The SMILES string of the molecule is CCC1(C)C[C@H](NC(=O)[C@@H]2C[C@H]2CN2C(=O)CC(C)(C)N=C2N)c2ccccc2O1. The van der Waals surface area contributed by atoms with Crippen molar-refractivity contribution in [1.82, 2.24) is 10.2 Å². The van der Waals surface area contributed by atoms with Gasteiger partial charge in [0, 0.05) is 24.4 Å². The van der Waals surface area contributed by atoms with Gasteiger partial charge in [0.1, 0.15) is 11.4 Å². The molecule has 0 saturated heterocycles. The van der Waals surface area contributed by atoms with Crippen LogP contribution in [-0.2, 0) is 9.59 Å². The summed E-state index contributed by atoms with van der Waals surface area (Å²) < 4.78 is 6.20. The second-order valence-corrected chi connectivity index (χ2v) is 9.77. The van der Waals surface area contributed by atoms with Gasteiger partial charge in [-0.2, -0.15) is 0 Å². The van der Waals surface area contributed by atoms with Crippen LogP contribution in [0.1, 0.15) is 65.0 Å². The molecule has 2 amide bonds. The lowest BCUT2D eigenvalue weighted by Crippen LogP contribution is -2.50. The molecule has 4 atom stereocenters. The predicted octanol–water partition coefficient (Wildman–Crippen LogP) is 2.76. The smallest absolute Gasteiger partial charge is 0.231 e. The molecule has 2 aliphatic heterocycles. The van der Waals surface area contributed by atoms with Crippen LogP contribution < -0.4 is 15.8 Å². The number of aliphatic imine (C=N–C) groups is 1. The Labute approximate surface area is 178 Å². The fourth-order valence-electron chi connectivity index (χ4n) is 4.54. The van der Waals surface area contributed by atoms with Crippen molar-refractivity contribution in [1.29, 1.82) is 0 Å². The average molecular weight is 413 g/mol. The maximum absolute atomic E-state index is 13.0. The highest BCUT2D eigenvalue weighted by Crippen LogP contribution is 2.44. The van der Waals surface area contributed by atoms with Crippen molar-refractivity contribution in [3.8, 4) is 5.75 Å². The van der Waals surface area contributed by atoms with E-state index in [2.05, 4.69) is 24.2 Å². The van der Waals surface area contributed by atoms with Gasteiger partial charge in [0.2, 0.25) is 11.8 Å². The third-order valence-electron chi connectivity index (χ3n) is 6.61. The Morgan fingerprint density at radius 2 is 2.07 bits per heavy atom. The Kier molecular flexibility index (Phi) is 5.03. The molecule has 0 radical (unpaired) electrons. The first kappa shape index (κ1) is 20.7. The zero-order valence-electron chi connectivity index (χ0n) is 18.3. The van der Waals surface area contributed by atoms with Gasteiger partial charge in [0.15, 0.2) is 5.96 Å². The van der Waals surface area contributed by atoms with Crippen molar-refractivity contribution in [3.05, 3.63) is 29.8 Å². The third-order valence-corrected chi connectivity index (χ3v) is 6.61. The van der Waals surface area contributed by atoms with Crippen molar-refractivity contribution in [3.63, 3.8) is 0 Å². The molecule has 0 aromatic heterocycles. The number of fused-ring (bicyclic) bond motifs is 1. The number of ether oxygens (including phenoxy) is 1. The molecule has 1 aromatic carbocycles. The quantitative estimate of drug-likeness (QED) is 0.777. The summed E-state index contributed by atoms with van der Waals surface area (Å²) in [5, 5.41) is 3.25. The zero-order chi connectivity index (χ0) is 21.7. The number of carbonyl (C=O) groups excluding carboxylic acids is 2. The van der Waals surface area contributed by atoms with Crippen LogP contribution in [0.3, 0.4) is 0 Å². The summed E-state index contributed by atoms with van der Waals surface area (Å²) in [5.41, 5.74) is 6.30. The van der Waals surface area contributed by atoms with E-state index in [1.807, 2.05) is 38.1 Å². The molecule has 1 saturated carbocycles. The molecular weight excluding hydrogens is 380 g/mol. The highest BCUT2D eigenvalue weighted by atomic mass is 16.5. The van der Waals surface area contributed by atoms with E-state index in [1.54, 1.807) is 4.90 Å². The molecule has 4 rings (SSSR count). The van der Waals surface area contributed by atoms with E-state index < -0.39 is 5.54 Å². The standard InChI is InChI=1S/C23H32N4O3/c1-5-23(4)11-17(15-8-6-7-9-18(15)30-23)25-20(29)16-10-14(16)13-27-19(28)12-22(2,3)26-21(27)24/h6-9,14,16-17H,5,10-13H2,1-4H3,(H2,24,26)(H,25,29)/t14-,16+,17-,23?/m0/s1. The van der Waals surface area contributed by atoms with E-state index in [0.717, 1.165) is 30.6 Å². The van der Waals surface area contributed by atoms with Gasteiger partial charge in [-0.15, -0.1) is 0 Å². The van der Waals surface area contributed by atoms with Gasteiger partial charge in [-0.25, -0.2) is 4.99 Å². The van der Waals surface area contributed by atoms with Crippen molar-refractivity contribution in [2.75, 3.05) is 6.54 Å². The van der Waals surface area contributed by atoms with Crippen LogP contribution in [0.15, 0.2) is 29.3 Å². The summed E-state index contributed by atoms with van der Waals surface area (Å²) >= 11 is 0. The molecule has 162 valence electrons. The second-order valence-electron chi connectivity index (χ2n) is 9.77. The number of nitrogens with one attached hydrogen (secondary N) is 1. The molecule has 1 unspecified atom stereocenters. The minimum atomic E-state index is -0.458. The molecule has 0 bridgehead atoms. The summed E-state index contributed by atoms with van der Waals surface area (Å²) in [4.78, 5) is 31.4. The summed E-state index contributed by atoms with van der Waals surface area (Å²) in [5.74, 6) is 1.16. The van der Waals surface area contributed by atoms with Crippen LogP contribution in [0.2, 0.25) is 0 Å². The highest BCUT2D eigenvalue weighted by Gasteiger charge is 2.47.